The summed E-state index contributed by atoms with van der Waals surface area (Å²) in [5.41, 5.74) is 0. The molecule has 4 nitrogen and oxygen atoms in total. The van der Waals surface area contributed by atoms with Crippen molar-refractivity contribution in [2.45, 2.75) is 76.7 Å². The van der Waals surface area contributed by atoms with Crippen molar-refractivity contribution < 1.29 is 9.21 Å². The molecule has 0 aliphatic heterocycles. The van der Waals surface area contributed by atoms with Gasteiger partial charge in [0.1, 0.15) is 5.76 Å². The molecule has 1 aromatic heterocycles. The molecule has 2 amide bonds. The number of hydrogen-bond acceptors (Lipinski definition) is 2. The predicted octanol–water partition coefficient (Wildman–Crippen LogP) is 5.22. The van der Waals surface area contributed by atoms with Crippen LogP contribution in [0.2, 0.25) is 0 Å². The molecule has 23 heavy (non-hydrogen) atoms. The Morgan fingerprint density at radius 2 is 1.61 bits per heavy atom. The Kier molecular flexibility index (Phi) is 8.38. The maximum Gasteiger partial charge on any atom is 0.318 e. The molecule has 4 heteroatoms. The fourth-order valence-corrected chi connectivity index (χ4v) is 3.12. The summed E-state index contributed by atoms with van der Waals surface area (Å²) < 4.78 is 5.18. The molecule has 1 aliphatic rings. The molecule has 1 aliphatic carbocycles. The van der Waals surface area contributed by atoms with Crippen LogP contribution in [0.3, 0.4) is 0 Å². The number of amides is 2. The van der Waals surface area contributed by atoms with Gasteiger partial charge < -0.3 is 15.1 Å². The summed E-state index contributed by atoms with van der Waals surface area (Å²) in [5, 5.41) is 5.88. The lowest BCUT2D eigenvalue weighted by Crippen LogP contribution is -2.40. The molecule has 2 N–H and O–H groups in total. The van der Waals surface area contributed by atoms with Gasteiger partial charge in [-0.25, -0.2) is 4.79 Å². The minimum Gasteiger partial charge on any atom is -0.465 e. The summed E-state index contributed by atoms with van der Waals surface area (Å²) in [6.45, 7) is 0. The van der Waals surface area contributed by atoms with E-state index in [1.807, 2.05) is 12.1 Å². The maximum absolute atomic E-state index is 12.0. The molecule has 0 saturated heterocycles. The number of rotatable bonds is 3. The van der Waals surface area contributed by atoms with Crippen molar-refractivity contribution >= 4 is 12.1 Å². The van der Waals surface area contributed by atoms with Crippen molar-refractivity contribution in [3.63, 3.8) is 0 Å². The highest BCUT2D eigenvalue weighted by atomic mass is 16.3. The van der Waals surface area contributed by atoms with Gasteiger partial charge >= 0.3 is 6.03 Å². The molecule has 1 fully saturated rings. The molecule has 0 bridgehead atoms. The van der Waals surface area contributed by atoms with E-state index in [1.54, 1.807) is 18.5 Å². The molecular formula is C19H30N2O2. The molecule has 1 heterocycles. The second-order valence-corrected chi connectivity index (χ2v) is 6.42. The zero-order valence-electron chi connectivity index (χ0n) is 14.1. The highest BCUT2D eigenvalue weighted by molar-refractivity contribution is 5.76. The third kappa shape index (κ3) is 7.91. The summed E-state index contributed by atoms with van der Waals surface area (Å²) >= 11 is 0. The van der Waals surface area contributed by atoms with Crippen molar-refractivity contribution in [3.8, 4) is 0 Å². The first-order valence-electron chi connectivity index (χ1n) is 9.12. The third-order valence-electron chi connectivity index (χ3n) is 4.45. The van der Waals surface area contributed by atoms with Gasteiger partial charge in [-0.15, -0.1) is 0 Å². The van der Waals surface area contributed by atoms with Gasteiger partial charge in [0.25, 0.3) is 0 Å². The van der Waals surface area contributed by atoms with Crippen LogP contribution in [-0.4, -0.2) is 12.1 Å². The Balaban J connectivity index is 1.71. The number of carbonyl (C=O) groups excluding carboxylic acids is 1. The normalized spacial score (nSPS) is 19.0. The van der Waals surface area contributed by atoms with Crippen LogP contribution in [0.5, 0.6) is 0 Å². The average molecular weight is 318 g/mol. The molecule has 0 spiro atoms. The van der Waals surface area contributed by atoms with E-state index < -0.39 is 0 Å². The van der Waals surface area contributed by atoms with Crippen molar-refractivity contribution in [1.29, 1.82) is 0 Å². The molecule has 1 saturated carbocycles. The molecule has 0 radical (unpaired) electrons. The first kappa shape index (κ1) is 17.6. The number of nitrogens with one attached hydrogen (secondary N) is 2. The van der Waals surface area contributed by atoms with E-state index in [2.05, 4.69) is 10.6 Å². The fourth-order valence-electron chi connectivity index (χ4n) is 3.12. The molecule has 0 aromatic carbocycles. The Morgan fingerprint density at radius 3 is 2.17 bits per heavy atom. The molecule has 2 rings (SSSR count). The fraction of sp³-hybridized carbons (Fsp3) is 0.632. The zero-order valence-corrected chi connectivity index (χ0v) is 14.1. The second kappa shape index (κ2) is 10.9. The topological polar surface area (TPSA) is 54.3 Å². The number of urea groups is 1. The minimum absolute atomic E-state index is 0.120. The Hall–Kier alpha value is -1.71. The number of furan rings is 1. The van der Waals surface area contributed by atoms with Crippen LogP contribution in [0.15, 0.2) is 29.0 Å². The van der Waals surface area contributed by atoms with Gasteiger partial charge in [0.2, 0.25) is 0 Å². The third-order valence-corrected chi connectivity index (χ3v) is 4.45. The minimum atomic E-state index is -0.120. The Morgan fingerprint density at radius 1 is 1.00 bits per heavy atom. The van der Waals surface area contributed by atoms with Crippen LogP contribution in [0, 0.1) is 0 Å². The smallest absolute Gasteiger partial charge is 0.318 e. The average Bonchev–Trinajstić information content (AvgIpc) is 3.03. The molecule has 1 aromatic rings. The van der Waals surface area contributed by atoms with Crippen LogP contribution in [0.25, 0.3) is 6.08 Å². The Bertz CT molecular complexity index is 442. The lowest BCUT2D eigenvalue weighted by atomic mass is 9.98. The second-order valence-electron chi connectivity index (χ2n) is 6.42. The molecular weight excluding hydrogens is 288 g/mol. The van der Waals surface area contributed by atoms with E-state index >= 15 is 0 Å². The van der Waals surface area contributed by atoms with E-state index in [4.69, 9.17) is 4.42 Å². The van der Waals surface area contributed by atoms with Gasteiger partial charge in [-0.2, -0.15) is 0 Å². The van der Waals surface area contributed by atoms with Gasteiger partial charge in [-0.1, -0.05) is 57.8 Å². The summed E-state index contributed by atoms with van der Waals surface area (Å²) in [6.07, 6.45) is 19.0. The van der Waals surface area contributed by atoms with Crippen LogP contribution < -0.4 is 10.6 Å². The van der Waals surface area contributed by atoms with Gasteiger partial charge in [0.15, 0.2) is 0 Å². The van der Waals surface area contributed by atoms with Crippen molar-refractivity contribution in [1.82, 2.24) is 10.6 Å². The van der Waals surface area contributed by atoms with Crippen molar-refractivity contribution in [3.05, 3.63) is 30.4 Å². The van der Waals surface area contributed by atoms with Crippen LogP contribution >= 0.6 is 0 Å². The SMILES string of the molecule is O=C(NC=Cc1ccco1)NC1CCCCCCCCCCC1. The lowest BCUT2D eigenvalue weighted by molar-refractivity contribution is 0.238. The molecule has 0 unspecified atom stereocenters. The highest BCUT2D eigenvalue weighted by Gasteiger charge is 2.11. The predicted molar refractivity (Wildman–Crippen MR) is 94.0 cm³/mol. The highest BCUT2D eigenvalue weighted by Crippen LogP contribution is 2.16. The zero-order chi connectivity index (χ0) is 16.2. The Labute approximate surface area is 139 Å². The van der Waals surface area contributed by atoms with E-state index in [9.17, 15) is 4.79 Å². The summed E-state index contributed by atoms with van der Waals surface area (Å²) in [4.78, 5) is 12.0. The monoisotopic (exact) mass is 318 g/mol. The van der Waals surface area contributed by atoms with Crippen LogP contribution in [0.4, 0.5) is 4.79 Å². The van der Waals surface area contributed by atoms with Crippen molar-refractivity contribution in [2.24, 2.45) is 0 Å². The standard InChI is InChI=1S/C19H30N2O2/c22-19(20-15-14-18-13-10-16-23-18)21-17-11-8-6-4-2-1-3-5-7-9-12-17/h10,13-17H,1-9,11-12H2,(H2,20,21,22). The van der Waals surface area contributed by atoms with Gasteiger partial charge in [0.05, 0.1) is 6.26 Å². The van der Waals surface area contributed by atoms with Crippen LogP contribution in [-0.2, 0) is 0 Å². The van der Waals surface area contributed by atoms with Gasteiger partial charge in [-0.3, -0.25) is 0 Å². The molecule has 0 atom stereocenters. The number of hydrogen-bond donors (Lipinski definition) is 2. The van der Waals surface area contributed by atoms with Gasteiger partial charge in [-0.05, 0) is 31.1 Å². The van der Waals surface area contributed by atoms with Gasteiger partial charge in [0, 0.05) is 12.2 Å². The van der Waals surface area contributed by atoms with Crippen molar-refractivity contribution in [2.75, 3.05) is 0 Å². The quantitative estimate of drug-likeness (QED) is 0.802. The summed E-state index contributed by atoms with van der Waals surface area (Å²) in [7, 11) is 0. The molecule has 128 valence electrons. The maximum atomic E-state index is 12.0. The summed E-state index contributed by atoms with van der Waals surface area (Å²) in [5.74, 6) is 0.733. The summed E-state index contributed by atoms with van der Waals surface area (Å²) in [6, 6.07) is 3.85. The first-order chi connectivity index (χ1) is 11.3. The van der Waals surface area contributed by atoms with E-state index in [1.165, 1.54) is 57.8 Å². The van der Waals surface area contributed by atoms with Crippen LogP contribution in [0.1, 0.15) is 76.4 Å². The van der Waals surface area contributed by atoms with E-state index in [0.29, 0.717) is 6.04 Å². The van der Waals surface area contributed by atoms with E-state index in [0.717, 1.165) is 18.6 Å². The number of carbonyl (C=O) groups is 1. The largest absolute Gasteiger partial charge is 0.465 e. The first-order valence-corrected chi connectivity index (χ1v) is 9.12. The van der Waals surface area contributed by atoms with E-state index in [-0.39, 0.29) is 6.03 Å². The lowest BCUT2D eigenvalue weighted by Gasteiger charge is -2.19.